The number of aryl methyl sites for hydroxylation is 1. The molecule has 0 saturated carbocycles. The van der Waals surface area contributed by atoms with Crippen LogP contribution >= 0.6 is 0 Å². The molecular formula is C22H24N6O3. The first kappa shape index (κ1) is 19.6. The lowest BCUT2D eigenvalue weighted by Gasteiger charge is -2.14. The predicted octanol–water partition coefficient (Wildman–Crippen LogP) is 3.00. The minimum absolute atomic E-state index is 0.0223. The van der Waals surface area contributed by atoms with E-state index in [-0.39, 0.29) is 11.7 Å². The van der Waals surface area contributed by atoms with Crippen molar-refractivity contribution in [1.29, 1.82) is 0 Å². The van der Waals surface area contributed by atoms with Gasteiger partial charge in [-0.2, -0.15) is 4.68 Å². The molecule has 9 nitrogen and oxygen atoms in total. The molecule has 160 valence electrons. The van der Waals surface area contributed by atoms with Gasteiger partial charge in [0.2, 0.25) is 5.90 Å². The molecule has 31 heavy (non-hydrogen) atoms. The maximum Gasteiger partial charge on any atom is 0.265 e. The van der Waals surface area contributed by atoms with Gasteiger partial charge in [0.1, 0.15) is 16.7 Å². The lowest BCUT2D eigenvalue weighted by Crippen LogP contribution is -2.29. The van der Waals surface area contributed by atoms with Crippen molar-refractivity contribution in [1.82, 2.24) is 24.2 Å². The second-order valence-corrected chi connectivity index (χ2v) is 7.66. The first-order valence-corrected chi connectivity index (χ1v) is 10.5. The second-order valence-electron chi connectivity index (χ2n) is 7.66. The van der Waals surface area contributed by atoms with E-state index in [0.717, 1.165) is 25.0 Å². The van der Waals surface area contributed by atoms with Crippen molar-refractivity contribution in [3.8, 4) is 0 Å². The molecule has 0 bridgehead atoms. The zero-order valence-corrected chi connectivity index (χ0v) is 17.8. The smallest absolute Gasteiger partial charge is 0.265 e. The number of benzene rings is 1. The van der Waals surface area contributed by atoms with Crippen LogP contribution in [0.15, 0.2) is 34.2 Å². The van der Waals surface area contributed by atoms with E-state index in [2.05, 4.69) is 5.10 Å². The molecule has 1 atom stereocenters. The maximum atomic E-state index is 13.6. The summed E-state index contributed by atoms with van der Waals surface area (Å²) in [6, 6.07) is 7.57. The van der Waals surface area contributed by atoms with Crippen molar-refractivity contribution in [2.45, 2.75) is 46.3 Å². The van der Waals surface area contributed by atoms with Crippen molar-refractivity contribution in [2.75, 3.05) is 13.2 Å². The fourth-order valence-corrected chi connectivity index (χ4v) is 4.09. The number of ether oxygens (including phenoxy) is 2. The van der Waals surface area contributed by atoms with E-state index in [1.807, 2.05) is 38.1 Å². The Labute approximate surface area is 178 Å². The van der Waals surface area contributed by atoms with E-state index in [1.54, 1.807) is 16.2 Å². The first-order valence-electron chi connectivity index (χ1n) is 10.5. The Kier molecular flexibility index (Phi) is 4.90. The second kappa shape index (κ2) is 7.73. The molecule has 3 aromatic heterocycles. The number of hydrogen-bond acceptors (Lipinski definition) is 7. The zero-order chi connectivity index (χ0) is 21.5. The van der Waals surface area contributed by atoms with Gasteiger partial charge in [0, 0.05) is 13.5 Å². The molecule has 0 radical (unpaired) electrons. The van der Waals surface area contributed by atoms with E-state index in [0.29, 0.717) is 52.6 Å². The summed E-state index contributed by atoms with van der Waals surface area (Å²) < 4.78 is 14.5. The third-order valence-electron chi connectivity index (χ3n) is 5.54. The van der Waals surface area contributed by atoms with E-state index < -0.39 is 0 Å². The van der Waals surface area contributed by atoms with Crippen molar-refractivity contribution in [2.24, 2.45) is 5.10 Å². The van der Waals surface area contributed by atoms with Crippen molar-refractivity contribution in [3.05, 3.63) is 40.4 Å². The van der Waals surface area contributed by atoms with Crippen LogP contribution in [0.2, 0.25) is 0 Å². The van der Waals surface area contributed by atoms with Crippen molar-refractivity contribution < 1.29 is 9.47 Å². The largest absolute Gasteiger partial charge is 0.480 e. The fourth-order valence-electron chi connectivity index (χ4n) is 4.09. The summed E-state index contributed by atoms with van der Waals surface area (Å²) >= 11 is 0. The zero-order valence-electron chi connectivity index (χ0n) is 17.8. The van der Waals surface area contributed by atoms with Crippen LogP contribution < -0.4 is 5.56 Å². The van der Waals surface area contributed by atoms with Crippen LogP contribution in [-0.2, 0) is 16.0 Å². The molecule has 1 saturated heterocycles. The van der Waals surface area contributed by atoms with Gasteiger partial charge in [-0.3, -0.25) is 9.36 Å². The minimum atomic E-state index is -0.157. The number of nitrogens with zero attached hydrogens (tertiary/aromatic N) is 6. The van der Waals surface area contributed by atoms with E-state index in [4.69, 9.17) is 24.4 Å². The quantitative estimate of drug-likeness (QED) is 0.372. The van der Waals surface area contributed by atoms with Crippen molar-refractivity contribution >= 4 is 39.1 Å². The van der Waals surface area contributed by atoms with E-state index in [9.17, 15) is 4.79 Å². The lowest BCUT2D eigenvalue weighted by molar-refractivity contribution is 0.0955. The topological polar surface area (TPSA) is 96.4 Å². The molecule has 1 fully saturated rings. The van der Waals surface area contributed by atoms with Crippen LogP contribution in [0.5, 0.6) is 0 Å². The van der Waals surface area contributed by atoms with Gasteiger partial charge in [-0.25, -0.2) is 15.0 Å². The summed E-state index contributed by atoms with van der Waals surface area (Å²) in [4.78, 5) is 27.9. The number of aromatic nitrogens is 5. The molecule has 0 spiro atoms. The molecule has 0 N–H and O–H groups in total. The van der Waals surface area contributed by atoms with Gasteiger partial charge >= 0.3 is 0 Å². The predicted molar refractivity (Wildman–Crippen MR) is 118 cm³/mol. The van der Waals surface area contributed by atoms with Gasteiger partial charge in [0.25, 0.3) is 5.56 Å². The van der Waals surface area contributed by atoms with Gasteiger partial charge in [-0.05, 0) is 38.8 Å². The van der Waals surface area contributed by atoms with Crippen LogP contribution in [-0.4, -0.2) is 49.4 Å². The molecule has 1 aliphatic rings. The maximum absolute atomic E-state index is 13.6. The summed E-state index contributed by atoms with van der Waals surface area (Å²) in [6.45, 7) is 7.18. The van der Waals surface area contributed by atoms with E-state index in [1.165, 1.54) is 0 Å². The Hall–Kier alpha value is -3.33. The normalized spacial score (nSPS) is 17.3. The summed E-state index contributed by atoms with van der Waals surface area (Å²) in [7, 11) is 0. The van der Waals surface area contributed by atoms with Gasteiger partial charge in [0.15, 0.2) is 11.3 Å². The fraction of sp³-hybridized carbons (Fsp3) is 0.409. The Bertz CT molecular complexity index is 1380. The van der Waals surface area contributed by atoms with Gasteiger partial charge < -0.3 is 9.47 Å². The molecular weight excluding hydrogens is 396 g/mol. The highest BCUT2D eigenvalue weighted by atomic mass is 16.5. The number of hydrogen-bond donors (Lipinski definition) is 0. The third kappa shape index (κ3) is 3.34. The average Bonchev–Trinajstić information content (AvgIpc) is 3.36. The number of para-hydroxylation sites is 2. The minimum Gasteiger partial charge on any atom is -0.480 e. The van der Waals surface area contributed by atoms with E-state index >= 15 is 0 Å². The monoisotopic (exact) mass is 420 g/mol. The molecule has 1 aliphatic heterocycles. The summed E-state index contributed by atoms with van der Waals surface area (Å²) in [5, 5.41) is 4.97. The SMILES string of the molecule is CCO/C(C)=N\n1c2nc3ccccc3nc2c2c(=O)n(C[C@@H]3CCCO3)c(C)nc21. The van der Waals surface area contributed by atoms with Gasteiger partial charge in [0.05, 0.1) is 30.3 Å². The van der Waals surface area contributed by atoms with Crippen LogP contribution in [0.4, 0.5) is 0 Å². The Morgan fingerprint density at radius 3 is 2.71 bits per heavy atom. The molecule has 5 rings (SSSR count). The molecule has 0 unspecified atom stereocenters. The molecule has 0 amide bonds. The number of fused-ring (bicyclic) bond motifs is 4. The molecule has 0 aliphatic carbocycles. The number of rotatable bonds is 4. The standard InChI is InChI=1S/C22H24N6O3/c1-4-30-14(3)26-28-20-18(19-21(28)25-17-10-6-5-9-16(17)24-19)22(29)27(13(2)23-20)12-15-8-7-11-31-15/h5-6,9-10,15H,4,7-8,11-12H2,1-3H3/b26-14-/t15-/m0/s1. The Balaban J connectivity index is 1.83. The van der Waals surface area contributed by atoms with Crippen LogP contribution in [0.25, 0.3) is 33.2 Å². The van der Waals surface area contributed by atoms with Crippen LogP contribution in [0, 0.1) is 6.92 Å². The highest BCUT2D eigenvalue weighted by molar-refractivity contribution is 6.04. The Morgan fingerprint density at radius 1 is 1.23 bits per heavy atom. The highest BCUT2D eigenvalue weighted by Crippen LogP contribution is 2.26. The van der Waals surface area contributed by atoms with Gasteiger partial charge in [-0.1, -0.05) is 12.1 Å². The average molecular weight is 420 g/mol. The summed E-state index contributed by atoms with van der Waals surface area (Å²) in [6.07, 6.45) is 1.97. The highest BCUT2D eigenvalue weighted by Gasteiger charge is 2.24. The lowest BCUT2D eigenvalue weighted by atomic mass is 10.2. The van der Waals surface area contributed by atoms with Crippen LogP contribution in [0.3, 0.4) is 0 Å². The Morgan fingerprint density at radius 2 is 2.00 bits per heavy atom. The molecule has 4 aromatic rings. The molecule has 1 aromatic carbocycles. The third-order valence-corrected chi connectivity index (χ3v) is 5.54. The van der Waals surface area contributed by atoms with Crippen LogP contribution in [0.1, 0.15) is 32.5 Å². The molecule has 4 heterocycles. The summed E-state index contributed by atoms with van der Waals surface area (Å²) in [5.74, 6) is 1.06. The van der Waals surface area contributed by atoms with Gasteiger partial charge in [-0.15, -0.1) is 5.10 Å². The van der Waals surface area contributed by atoms with Crippen molar-refractivity contribution in [3.63, 3.8) is 0 Å². The molecule has 9 heteroatoms. The summed E-state index contributed by atoms with van der Waals surface area (Å²) in [5.41, 5.74) is 2.67. The first-order chi connectivity index (χ1) is 15.1.